The van der Waals surface area contributed by atoms with E-state index in [1.165, 1.54) is 70.6 Å². The Balaban J connectivity index is 1.49. The maximum atomic E-state index is 2.75. The molecule has 0 aliphatic heterocycles. The molecule has 0 heterocycles. The lowest BCUT2D eigenvalue weighted by Crippen LogP contribution is -2.50. The Hall–Kier alpha value is 0.470. The van der Waals surface area contributed by atoms with Gasteiger partial charge < -0.3 is 0 Å². The van der Waals surface area contributed by atoms with Gasteiger partial charge in [-0.25, -0.2) is 0 Å². The molecule has 0 saturated heterocycles. The van der Waals surface area contributed by atoms with Crippen LogP contribution in [-0.2, 0) is 0 Å². The molecular formula is C27H45I. The van der Waals surface area contributed by atoms with Crippen LogP contribution in [0.4, 0.5) is 0 Å². The predicted molar refractivity (Wildman–Crippen MR) is 131 cm³/mol. The van der Waals surface area contributed by atoms with E-state index < -0.39 is 0 Å². The Morgan fingerprint density at radius 3 is 2.54 bits per heavy atom. The third kappa shape index (κ3) is 3.66. The first-order valence-corrected chi connectivity index (χ1v) is 13.8. The standard InChI is InChI=1S/C27H45I/c1-18(2)7-6-8-19(3)23-11-12-24-22-10-9-20-17-21(28)13-15-26(20,4)25(22)14-16-27(23,24)5/h9,18-19,21-25H,6-8,10-17H2,1-5H3/t19-,21+,22-,23?,24+,25?,26?,27?/m1/s1. The van der Waals surface area contributed by atoms with Crippen LogP contribution in [0, 0.1) is 46.3 Å². The zero-order valence-corrected chi connectivity index (χ0v) is 21.4. The minimum absolute atomic E-state index is 0.548. The lowest BCUT2D eigenvalue weighted by molar-refractivity contribution is -0.0495. The van der Waals surface area contributed by atoms with Crippen LogP contribution in [0.25, 0.3) is 0 Å². The Bertz CT molecular complexity index is 591. The van der Waals surface area contributed by atoms with Gasteiger partial charge in [0.1, 0.15) is 0 Å². The van der Waals surface area contributed by atoms with Crippen molar-refractivity contribution >= 4 is 22.6 Å². The van der Waals surface area contributed by atoms with Gasteiger partial charge in [-0.15, -0.1) is 0 Å². The van der Waals surface area contributed by atoms with E-state index in [1.807, 2.05) is 5.57 Å². The molecule has 0 aromatic rings. The van der Waals surface area contributed by atoms with Crippen LogP contribution in [0.2, 0.25) is 0 Å². The van der Waals surface area contributed by atoms with Gasteiger partial charge >= 0.3 is 0 Å². The van der Waals surface area contributed by atoms with Crippen molar-refractivity contribution in [3.63, 3.8) is 0 Å². The minimum Gasteiger partial charge on any atom is -0.0844 e. The summed E-state index contributed by atoms with van der Waals surface area (Å²) in [5.41, 5.74) is 3.05. The highest BCUT2D eigenvalue weighted by Gasteiger charge is 2.58. The molecule has 8 atom stereocenters. The molecule has 0 bridgehead atoms. The van der Waals surface area contributed by atoms with Gasteiger partial charge in [-0.2, -0.15) is 0 Å². The molecule has 0 radical (unpaired) electrons. The first kappa shape index (κ1) is 21.7. The van der Waals surface area contributed by atoms with Gasteiger partial charge in [0.25, 0.3) is 0 Å². The van der Waals surface area contributed by atoms with Crippen LogP contribution < -0.4 is 0 Å². The molecule has 1 heteroatoms. The molecular weight excluding hydrogens is 451 g/mol. The number of alkyl halides is 1. The van der Waals surface area contributed by atoms with Crippen LogP contribution in [-0.4, -0.2) is 3.92 Å². The van der Waals surface area contributed by atoms with Gasteiger partial charge in [-0.3, -0.25) is 0 Å². The van der Waals surface area contributed by atoms with E-state index in [4.69, 9.17) is 0 Å². The van der Waals surface area contributed by atoms with Crippen molar-refractivity contribution < 1.29 is 0 Å². The van der Waals surface area contributed by atoms with E-state index in [9.17, 15) is 0 Å². The van der Waals surface area contributed by atoms with E-state index >= 15 is 0 Å². The second kappa shape index (κ2) is 8.19. The lowest BCUT2D eigenvalue weighted by Gasteiger charge is -2.58. The Kier molecular flexibility index (Phi) is 6.35. The summed E-state index contributed by atoms with van der Waals surface area (Å²) in [6.07, 6.45) is 18.9. The summed E-state index contributed by atoms with van der Waals surface area (Å²) in [6.45, 7) is 12.8. The van der Waals surface area contributed by atoms with E-state index in [2.05, 4.69) is 63.3 Å². The highest BCUT2D eigenvalue weighted by molar-refractivity contribution is 14.1. The smallest absolute Gasteiger partial charge is 0.0147 e. The van der Waals surface area contributed by atoms with Crippen molar-refractivity contribution in [1.29, 1.82) is 0 Å². The van der Waals surface area contributed by atoms with Crippen LogP contribution in [0.5, 0.6) is 0 Å². The number of hydrogen-bond donors (Lipinski definition) is 0. The van der Waals surface area contributed by atoms with Crippen LogP contribution in [0.15, 0.2) is 11.6 Å². The topological polar surface area (TPSA) is 0 Å². The monoisotopic (exact) mass is 496 g/mol. The summed E-state index contributed by atoms with van der Waals surface area (Å²) in [7, 11) is 0. The van der Waals surface area contributed by atoms with Crippen molar-refractivity contribution in [1.82, 2.24) is 0 Å². The fraction of sp³-hybridized carbons (Fsp3) is 0.926. The van der Waals surface area contributed by atoms with Crippen molar-refractivity contribution in [2.75, 3.05) is 0 Å². The molecule has 0 N–H and O–H groups in total. The summed E-state index contributed by atoms with van der Waals surface area (Å²) >= 11 is 2.71. The number of fused-ring (bicyclic) bond motifs is 5. The fourth-order valence-corrected chi connectivity index (χ4v) is 9.43. The number of halogens is 1. The van der Waals surface area contributed by atoms with Gasteiger partial charge in [0.2, 0.25) is 0 Å². The molecule has 0 nitrogen and oxygen atoms in total. The first-order valence-electron chi connectivity index (χ1n) is 12.6. The van der Waals surface area contributed by atoms with Crippen molar-refractivity contribution in [3.8, 4) is 0 Å². The van der Waals surface area contributed by atoms with E-state index in [1.54, 1.807) is 0 Å². The quantitative estimate of drug-likeness (QED) is 0.203. The SMILES string of the molecule is CC(C)CCC[C@@H](C)C1CC[C@H]2[C@H]3CC=C4C[C@@H](I)CCC4(C)C3CCC12C. The predicted octanol–water partition coefficient (Wildman–Crippen LogP) is 8.83. The Morgan fingerprint density at radius 2 is 1.79 bits per heavy atom. The molecule has 3 fully saturated rings. The van der Waals surface area contributed by atoms with Gasteiger partial charge in [-0.05, 0) is 97.7 Å². The minimum atomic E-state index is 0.548. The third-order valence-corrected chi connectivity index (χ3v) is 11.3. The van der Waals surface area contributed by atoms with E-state index in [0.717, 1.165) is 39.4 Å². The van der Waals surface area contributed by atoms with Gasteiger partial charge in [0.15, 0.2) is 0 Å². The average Bonchev–Trinajstić information content (AvgIpc) is 2.99. The Labute approximate surface area is 189 Å². The second-order valence-electron chi connectivity index (χ2n) is 12.1. The van der Waals surface area contributed by atoms with Crippen molar-refractivity contribution in [3.05, 3.63) is 11.6 Å². The Morgan fingerprint density at radius 1 is 1.00 bits per heavy atom. The maximum absolute atomic E-state index is 2.75. The zero-order chi connectivity index (χ0) is 20.1. The molecule has 0 spiro atoms. The summed E-state index contributed by atoms with van der Waals surface area (Å²) in [4.78, 5) is 0. The second-order valence-corrected chi connectivity index (χ2v) is 13.9. The van der Waals surface area contributed by atoms with Crippen molar-refractivity contribution in [2.24, 2.45) is 46.3 Å². The molecule has 0 aromatic heterocycles. The third-order valence-electron chi connectivity index (χ3n) is 10.2. The summed E-state index contributed by atoms with van der Waals surface area (Å²) in [5, 5.41) is 0. The summed E-state index contributed by atoms with van der Waals surface area (Å²) < 4.78 is 0.893. The van der Waals surface area contributed by atoms with Crippen LogP contribution in [0.1, 0.15) is 105 Å². The average molecular weight is 497 g/mol. The van der Waals surface area contributed by atoms with Crippen LogP contribution in [0.3, 0.4) is 0 Å². The number of allylic oxidation sites excluding steroid dienone is 2. The lowest BCUT2D eigenvalue weighted by atomic mass is 9.47. The van der Waals surface area contributed by atoms with E-state index in [0.29, 0.717) is 10.8 Å². The van der Waals surface area contributed by atoms with Gasteiger partial charge in [-0.1, -0.05) is 88.1 Å². The normalized spacial score (nSPS) is 46.5. The first-order chi connectivity index (χ1) is 13.3. The zero-order valence-electron chi connectivity index (χ0n) is 19.3. The maximum Gasteiger partial charge on any atom is 0.0147 e. The molecule has 4 aliphatic carbocycles. The molecule has 4 aliphatic rings. The molecule has 0 aromatic carbocycles. The van der Waals surface area contributed by atoms with Crippen molar-refractivity contribution in [2.45, 2.75) is 109 Å². The molecule has 0 amide bonds. The van der Waals surface area contributed by atoms with Gasteiger partial charge in [0.05, 0.1) is 0 Å². The summed E-state index contributed by atoms with van der Waals surface area (Å²) in [6, 6.07) is 0. The number of rotatable bonds is 5. The highest BCUT2D eigenvalue weighted by atomic mass is 127. The highest BCUT2D eigenvalue weighted by Crippen LogP contribution is 2.67. The molecule has 3 saturated carbocycles. The summed E-state index contributed by atoms with van der Waals surface area (Å²) in [5.74, 6) is 5.79. The largest absolute Gasteiger partial charge is 0.0844 e. The molecule has 4 rings (SSSR count). The number of hydrogen-bond acceptors (Lipinski definition) is 0. The molecule has 28 heavy (non-hydrogen) atoms. The van der Waals surface area contributed by atoms with E-state index in [-0.39, 0.29) is 0 Å². The van der Waals surface area contributed by atoms with Gasteiger partial charge in [0, 0.05) is 3.92 Å². The molecule has 160 valence electrons. The fourth-order valence-electron chi connectivity index (χ4n) is 8.64. The van der Waals surface area contributed by atoms with Crippen LogP contribution >= 0.6 is 22.6 Å². The molecule has 4 unspecified atom stereocenters.